The Balaban J connectivity index is 1.53. The number of aliphatic imine (C=N–C) groups is 1. The molecule has 1 aliphatic rings. The summed E-state index contributed by atoms with van der Waals surface area (Å²) in [6.45, 7) is 4.80. The monoisotopic (exact) mass is 546 g/mol. The number of carboxylic acids is 2. The Morgan fingerprint density at radius 2 is 1.54 bits per heavy atom. The van der Waals surface area contributed by atoms with E-state index in [1.807, 2.05) is 19.9 Å². The van der Waals surface area contributed by atoms with Gasteiger partial charge in [-0.2, -0.15) is 0 Å². The van der Waals surface area contributed by atoms with Gasteiger partial charge in [-0.3, -0.25) is 9.69 Å². The van der Waals surface area contributed by atoms with E-state index in [0.29, 0.717) is 40.4 Å². The van der Waals surface area contributed by atoms with E-state index in [2.05, 4.69) is 4.99 Å². The fraction of sp³-hybridized carbons (Fsp3) is 0.172. The van der Waals surface area contributed by atoms with Crippen molar-refractivity contribution >= 4 is 46.5 Å². The van der Waals surface area contributed by atoms with Gasteiger partial charge in [0.2, 0.25) is 0 Å². The minimum Gasteiger partial charge on any atom is -0.490 e. The Kier molecular flexibility index (Phi) is 8.67. The number of hydrogen-bond donors (Lipinski definition) is 2. The van der Waals surface area contributed by atoms with Crippen LogP contribution in [0.15, 0.2) is 76.6 Å². The lowest BCUT2D eigenvalue weighted by molar-refractivity contribution is -0.122. The largest absolute Gasteiger partial charge is 0.490 e. The van der Waals surface area contributed by atoms with Gasteiger partial charge in [0.25, 0.3) is 5.91 Å². The van der Waals surface area contributed by atoms with Crippen LogP contribution >= 0.6 is 11.8 Å². The average molecular weight is 547 g/mol. The molecule has 4 rings (SSSR count). The molecule has 0 unspecified atom stereocenters. The number of carbonyl (C=O) groups excluding carboxylic acids is 1. The molecule has 1 heterocycles. The summed E-state index contributed by atoms with van der Waals surface area (Å²) in [6.07, 6.45) is 1.77. The maximum Gasteiger partial charge on any atom is 0.335 e. The number of amidine groups is 1. The molecule has 9 nitrogen and oxygen atoms in total. The highest BCUT2D eigenvalue weighted by molar-refractivity contribution is 8.18. The smallest absolute Gasteiger partial charge is 0.335 e. The van der Waals surface area contributed by atoms with E-state index in [4.69, 9.17) is 19.7 Å². The van der Waals surface area contributed by atoms with Crippen molar-refractivity contribution in [1.82, 2.24) is 4.90 Å². The average Bonchev–Trinajstić information content (AvgIpc) is 3.22. The molecule has 1 aliphatic heterocycles. The minimum atomic E-state index is -1.02. The first kappa shape index (κ1) is 27.5. The fourth-order valence-electron chi connectivity index (χ4n) is 3.72. The van der Waals surface area contributed by atoms with Crippen molar-refractivity contribution in [2.24, 2.45) is 4.99 Å². The summed E-state index contributed by atoms with van der Waals surface area (Å²) < 4.78 is 11.7. The molecule has 0 aromatic heterocycles. The zero-order chi connectivity index (χ0) is 27.9. The highest BCUT2D eigenvalue weighted by Crippen LogP contribution is 2.36. The second kappa shape index (κ2) is 12.3. The molecule has 1 fully saturated rings. The molecule has 3 aromatic rings. The van der Waals surface area contributed by atoms with Crippen LogP contribution in [-0.2, 0) is 11.4 Å². The Labute approximate surface area is 229 Å². The van der Waals surface area contributed by atoms with E-state index in [0.717, 1.165) is 11.1 Å². The summed E-state index contributed by atoms with van der Waals surface area (Å²) in [7, 11) is 0. The van der Waals surface area contributed by atoms with Gasteiger partial charge in [0.05, 0.1) is 28.3 Å². The molecule has 10 heteroatoms. The van der Waals surface area contributed by atoms with E-state index in [9.17, 15) is 14.4 Å². The normalized spacial score (nSPS) is 15.1. The van der Waals surface area contributed by atoms with Crippen LogP contribution in [-0.4, -0.2) is 51.3 Å². The molecule has 0 radical (unpaired) electrons. The third-order valence-electron chi connectivity index (χ3n) is 5.70. The number of carbonyl (C=O) groups is 3. The Morgan fingerprint density at radius 3 is 2.13 bits per heavy atom. The molecule has 0 bridgehead atoms. The van der Waals surface area contributed by atoms with E-state index >= 15 is 0 Å². The topological polar surface area (TPSA) is 126 Å². The molecule has 200 valence electrons. The number of aromatic carboxylic acids is 2. The van der Waals surface area contributed by atoms with Crippen molar-refractivity contribution in [3.8, 4) is 11.5 Å². The number of ether oxygens (including phenoxy) is 2. The summed E-state index contributed by atoms with van der Waals surface area (Å²) in [5.74, 6) is -1.14. The quantitative estimate of drug-likeness (QED) is 0.311. The van der Waals surface area contributed by atoms with Gasteiger partial charge in [0, 0.05) is 6.54 Å². The highest BCUT2D eigenvalue weighted by Gasteiger charge is 2.32. The summed E-state index contributed by atoms with van der Waals surface area (Å²) in [5, 5.41) is 18.7. The number of carboxylic acid groups (broad SMARTS) is 2. The van der Waals surface area contributed by atoms with Gasteiger partial charge in [-0.15, -0.1) is 0 Å². The van der Waals surface area contributed by atoms with Crippen molar-refractivity contribution in [2.75, 3.05) is 13.2 Å². The predicted molar refractivity (Wildman–Crippen MR) is 149 cm³/mol. The predicted octanol–water partition coefficient (Wildman–Crippen LogP) is 5.68. The van der Waals surface area contributed by atoms with Gasteiger partial charge in [-0.05, 0) is 91.3 Å². The number of likely N-dealkylation sites (N-methyl/N-ethyl adjacent to an activating group) is 1. The Hall–Kier alpha value is -4.57. The van der Waals surface area contributed by atoms with Gasteiger partial charge in [0.1, 0.15) is 6.61 Å². The number of nitrogens with zero attached hydrogens (tertiary/aromatic N) is 2. The Morgan fingerprint density at radius 1 is 0.897 bits per heavy atom. The van der Waals surface area contributed by atoms with Crippen molar-refractivity contribution in [2.45, 2.75) is 20.5 Å². The number of thioether (sulfide) groups is 1. The third-order valence-corrected chi connectivity index (χ3v) is 6.71. The van der Waals surface area contributed by atoms with Gasteiger partial charge >= 0.3 is 11.9 Å². The van der Waals surface area contributed by atoms with Crippen molar-refractivity contribution in [3.63, 3.8) is 0 Å². The summed E-state index contributed by atoms with van der Waals surface area (Å²) >= 11 is 1.24. The SMILES string of the molecule is CCOc1cc(/C=C2\SC(=Nc3ccc(C(=O)O)cc3)N(CC)C2=O)ccc1OCc1ccc(C(=O)O)cc1. The van der Waals surface area contributed by atoms with E-state index in [-0.39, 0.29) is 23.6 Å². The molecule has 0 aliphatic carbocycles. The Bertz CT molecular complexity index is 1450. The lowest BCUT2D eigenvalue weighted by atomic mass is 10.1. The lowest BCUT2D eigenvalue weighted by Crippen LogP contribution is -2.28. The standard InChI is InChI=1S/C29H26N2O7S/c1-3-31-26(32)25(39-29(31)30-22-12-10-21(11-13-22)28(35)36)16-19-7-14-23(24(15-19)37-4-2)38-17-18-5-8-20(9-6-18)27(33)34/h5-16H,3-4,17H2,1-2H3,(H,33,34)(H,35,36)/b25-16-,30-29?. The molecule has 0 saturated carbocycles. The number of hydrogen-bond acceptors (Lipinski definition) is 7. The maximum absolute atomic E-state index is 13.1. The molecule has 39 heavy (non-hydrogen) atoms. The van der Waals surface area contributed by atoms with Crippen LogP contribution in [0.1, 0.15) is 45.7 Å². The molecule has 0 atom stereocenters. The zero-order valence-electron chi connectivity index (χ0n) is 21.3. The van der Waals surface area contributed by atoms with E-state index in [1.165, 1.54) is 36.0 Å². The van der Waals surface area contributed by atoms with Gasteiger partial charge in [-0.25, -0.2) is 14.6 Å². The van der Waals surface area contributed by atoms with Gasteiger partial charge in [-0.1, -0.05) is 18.2 Å². The molecule has 2 N–H and O–H groups in total. The molecule has 1 saturated heterocycles. The van der Waals surface area contributed by atoms with E-state index < -0.39 is 11.9 Å². The fourth-order valence-corrected chi connectivity index (χ4v) is 4.78. The summed E-state index contributed by atoms with van der Waals surface area (Å²) in [4.78, 5) is 41.8. The van der Waals surface area contributed by atoms with Crippen LogP contribution in [0.25, 0.3) is 6.08 Å². The molecular formula is C29H26N2O7S. The lowest BCUT2D eigenvalue weighted by Gasteiger charge is -2.13. The van der Waals surface area contributed by atoms with Crippen LogP contribution in [0.5, 0.6) is 11.5 Å². The van der Waals surface area contributed by atoms with Crippen LogP contribution in [0.3, 0.4) is 0 Å². The molecular weight excluding hydrogens is 520 g/mol. The van der Waals surface area contributed by atoms with E-state index in [1.54, 1.807) is 47.4 Å². The first-order valence-corrected chi connectivity index (χ1v) is 13.0. The van der Waals surface area contributed by atoms with Crippen molar-refractivity contribution < 1.29 is 34.1 Å². The number of benzene rings is 3. The van der Waals surface area contributed by atoms with Gasteiger partial charge < -0.3 is 19.7 Å². The highest BCUT2D eigenvalue weighted by atomic mass is 32.2. The van der Waals surface area contributed by atoms with Crippen molar-refractivity contribution in [1.29, 1.82) is 0 Å². The van der Waals surface area contributed by atoms with Crippen LogP contribution in [0.4, 0.5) is 5.69 Å². The summed E-state index contributed by atoms with van der Waals surface area (Å²) in [5.41, 5.74) is 2.47. The minimum absolute atomic E-state index is 0.163. The van der Waals surface area contributed by atoms with Crippen LogP contribution in [0, 0.1) is 0 Å². The maximum atomic E-state index is 13.1. The molecule has 3 aromatic carbocycles. The zero-order valence-corrected chi connectivity index (χ0v) is 22.1. The van der Waals surface area contributed by atoms with Crippen molar-refractivity contribution in [3.05, 3.63) is 93.9 Å². The third kappa shape index (κ3) is 6.66. The first-order valence-electron chi connectivity index (χ1n) is 12.1. The second-order valence-corrected chi connectivity index (χ2v) is 9.35. The summed E-state index contributed by atoms with van der Waals surface area (Å²) in [6, 6.07) is 18.0. The second-order valence-electron chi connectivity index (χ2n) is 8.34. The van der Waals surface area contributed by atoms with Crippen LogP contribution in [0.2, 0.25) is 0 Å². The molecule has 0 spiro atoms. The molecule has 1 amide bonds. The first-order chi connectivity index (χ1) is 18.8. The van der Waals surface area contributed by atoms with Crippen LogP contribution < -0.4 is 9.47 Å². The number of amides is 1. The van der Waals surface area contributed by atoms with Gasteiger partial charge in [0.15, 0.2) is 16.7 Å². The number of rotatable bonds is 10.